The highest BCUT2D eigenvalue weighted by molar-refractivity contribution is 9.10. The van der Waals surface area contributed by atoms with Gasteiger partial charge in [-0.15, -0.1) is 0 Å². The number of hydrogen-bond acceptors (Lipinski definition) is 4. The average Bonchev–Trinajstić information content (AvgIpc) is 2.86. The number of anilines is 1. The number of nitrogens with zero attached hydrogens (tertiary/aromatic N) is 1. The number of methoxy groups -OCH3 is 1. The Labute approximate surface area is 125 Å². The summed E-state index contributed by atoms with van der Waals surface area (Å²) in [7, 11) is 1.32. The van der Waals surface area contributed by atoms with Crippen LogP contribution < -0.4 is 11.1 Å². The van der Waals surface area contributed by atoms with Gasteiger partial charge in [0.25, 0.3) is 5.91 Å². The number of ether oxygens (including phenoxy) is 1. The van der Waals surface area contributed by atoms with Gasteiger partial charge in [-0.05, 0) is 24.6 Å². The number of hydrogen-bond donors (Lipinski definition) is 2. The minimum Gasteiger partial charge on any atom is -0.453 e. The minimum atomic E-state index is -0.479. The number of likely N-dealkylation sites (tertiary alicyclic amines) is 1. The smallest absolute Gasteiger partial charge is 0.407 e. The largest absolute Gasteiger partial charge is 0.453 e. The normalized spacial score (nSPS) is 17.9. The minimum absolute atomic E-state index is 0.0805. The lowest BCUT2D eigenvalue weighted by Crippen LogP contribution is -2.38. The fourth-order valence-electron chi connectivity index (χ4n) is 2.19. The van der Waals surface area contributed by atoms with E-state index in [1.165, 1.54) is 7.11 Å². The van der Waals surface area contributed by atoms with Crippen molar-refractivity contribution in [3.8, 4) is 0 Å². The van der Waals surface area contributed by atoms with Crippen LogP contribution in [0.2, 0.25) is 0 Å². The molecule has 3 N–H and O–H groups in total. The second-order valence-corrected chi connectivity index (χ2v) is 5.52. The van der Waals surface area contributed by atoms with E-state index in [1.807, 2.05) is 0 Å². The first-order chi connectivity index (χ1) is 9.51. The molecule has 1 saturated heterocycles. The number of carbonyl (C=O) groups is 2. The third-order valence-electron chi connectivity index (χ3n) is 3.23. The third-order valence-corrected chi connectivity index (χ3v) is 3.72. The van der Waals surface area contributed by atoms with Crippen molar-refractivity contribution < 1.29 is 14.3 Å². The fraction of sp³-hybridized carbons (Fsp3) is 0.385. The molecule has 6 nitrogen and oxygen atoms in total. The summed E-state index contributed by atoms with van der Waals surface area (Å²) in [5.41, 5.74) is 6.78. The van der Waals surface area contributed by atoms with Crippen molar-refractivity contribution in [2.45, 2.75) is 12.5 Å². The first kappa shape index (κ1) is 14.6. The molecule has 108 valence electrons. The van der Waals surface area contributed by atoms with Gasteiger partial charge in [-0.1, -0.05) is 15.9 Å². The van der Waals surface area contributed by atoms with Crippen LogP contribution in [-0.2, 0) is 4.74 Å². The molecule has 0 aromatic heterocycles. The van der Waals surface area contributed by atoms with Crippen molar-refractivity contribution in [3.63, 3.8) is 0 Å². The van der Waals surface area contributed by atoms with E-state index in [0.717, 1.165) is 4.47 Å². The molecule has 20 heavy (non-hydrogen) atoms. The topological polar surface area (TPSA) is 84.7 Å². The van der Waals surface area contributed by atoms with Gasteiger partial charge >= 0.3 is 6.09 Å². The highest BCUT2D eigenvalue weighted by atomic mass is 79.9. The van der Waals surface area contributed by atoms with Crippen LogP contribution in [0.25, 0.3) is 0 Å². The Morgan fingerprint density at radius 3 is 2.90 bits per heavy atom. The quantitative estimate of drug-likeness (QED) is 0.800. The maximum atomic E-state index is 12.4. The Bertz CT molecular complexity index is 536. The van der Waals surface area contributed by atoms with E-state index in [4.69, 9.17) is 5.73 Å². The molecule has 2 amide bonds. The van der Waals surface area contributed by atoms with Crippen molar-refractivity contribution in [2.24, 2.45) is 0 Å². The van der Waals surface area contributed by atoms with E-state index in [9.17, 15) is 9.59 Å². The zero-order chi connectivity index (χ0) is 14.7. The van der Waals surface area contributed by atoms with Crippen LogP contribution in [0.3, 0.4) is 0 Å². The van der Waals surface area contributed by atoms with Gasteiger partial charge in [-0.25, -0.2) is 4.79 Å². The lowest BCUT2D eigenvalue weighted by Gasteiger charge is -2.18. The number of benzene rings is 1. The van der Waals surface area contributed by atoms with E-state index in [2.05, 4.69) is 26.0 Å². The maximum Gasteiger partial charge on any atom is 0.407 e. The van der Waals surface area contributed by atoms with E-state index < -0.39 is 6.09 Å². The molecular formula is C13H16BrN3O3. The zero-order valence-electron chi connectivity index (χ0n) is 11.1. The monoisotopic (exact) mass is 341 g/mol. The number of rotatable bonds is 2. The number of carbonyl (C=O) groups excluding carboxylic acids is 2. The molecule has 1 heterocycles. The molecule has 1 aromatic rings. The van der Waals surface area contributed by atoms with Gasteiger partial charge in [0.15, 0.2) is 0 Å². The van der Waals surface area contributed by atoms with Crippen molar-refractivity contribution in [3.05, 3.63) is 28.2 Å². The lowest BCUT2D eigenvalue weighted by molar-refractivity contribution is 0.0789. The van der Waals surface area contributed by atoms with Gasteiger partial charge in [0.1, 0.15) is 0 Å². The second kappa shape index (κ2) is 6.13. The summed E-state index contributed by atoms with van der Waals surface area (Å²) in [4.78, 5) is 25.2. The molecule has 7 heteroatoms. The van der Waals surface area contributed by atoms with E-state index in [-0.39, 0.29) is 11.9 Å². The standard InChI is InChI=1S/C13H16BrN3O3/c1-20-13(19)16-9-4-5-17(7-9)12(18)10-3-2-8(14)6-11(10)15/h2-3,6,9H,4-5,7,15H2,1H3,(H,16,19). The summed E-state index contributed by atoms with van der Waals surface area (Å²) < 4.78 is 5.38. The molecule has 1 aliphatic rings. The highest BCUT2D eigenvalue weighted by Gasteiger charge is 2.28. The molecule has 1 aliphatic heterocycles. The molecule has 0 spiro atoms. The summed E-state index contributed by atoms with van der Waals surface area (Å²) in [5.74, 6) is -0.121. The molecule has 0 radical (unpaired) electrons. The second-order valence-electron chi connectivity index (χ2n) is 4.60. The van der Waals surface area contributed by atoms with Crippen LogP contribution in [0, 0.1) is 0 Å². The van der Waals surface area contributed by atoms with Gasteiger partial charge in [-0.2, -0.15) is 0 Å². The summed E-state index contributed by atoms with van der Waals surface area (Å²) in [5, 5.41) is 2.69. The van der Waals surface area contributed by atoms with Crippen molar-refractivity contribution in [2.75, 3.05) is 25.9 Å². The highest BCUT2D eigenvalue weighted by Crippen LogP contribution is 2.22. The van der Waals surface area contributed by atoms with Gasteiger partial charge in [0, 0.05) is 23.2 Å². The summed E-state index contributed by atoms with van der Waals surface area (Å²) in [6, 6.07) is 5.10. The lowest BCUT2D eigenvalue weighted by atomic mass is 10.1. The SMILES string of the molecule is COC(=O)NC1CCN(C(=O)c2ccc(Br)cc2N)C1. The van der Waals surface area contributed by atoms with Gasteiger partial charge in [0.2, 0.25) is 0 Å². The molecule has 2 rings (SSSR count). The summed E-state index contributed by atoms with van der Waals surface area (Å²) >= 11 is 3.31. The van der Waals surface area contributed by atoms with E-state index >= 15 is 0 Å². The number of halogens is 1. The molecule has 1 atom stereocenters. The van der Waals surface area contributed by atoms with Crippen LogP contribution >= 0.6 is 15.9 Å². The molecule has 0 aliphatic carbocycles. The van der Waals surface area contributed by atoms with Crippen LogP contribution in [0.5, 0.6) is 0 Å². The summed E-state index contributed by atoms with van der Waals surface area (Å²) in [6.45, 7) is 1.05. The van der Waals surface area contributed by atoms with Crippen molar-refractivity contribution >= 4 is 33.6 Å². The van der Waals surface area contributed by atoms with Gasteiger partial charge < -0.3 is 20.7 Å². The van der Waals surface area contributed by atoms with E-state index in [0.29, 0.717) is 30.8 Å². The number of nitrogens with two attached hydrogens (primary N) is 1. The molecule has 0 saturated carbocycles. The molecule has 1 aromatic carbocycles. The maximum absolute atomic E-state index is 12.4. The number of nitrogens with one attached hydrogen (secondary N) is 1. The van der Waals surface area contributed by atoms with Gasteiger partial charge in [0.05, 0.1) is 18.7 Å². The summed E-state index contributed by atoms with van der Waals surface area (Å²) in [6.07, 6.45) is 0.226. The van der Waals surface area contributed by atoms with Crippen LogP contribution in [-0.4, -0.2) is 43.1 Å². The van der Waals surface area contributed by atoms with Crippen LogP contribution in [0.15, 0.2) is 22.7 Å². The molecule has 1 fully saturated rings. The predicted molar refractivity (Wildman–Crippen MR) is 78.4 cm³/mol. The van der Waals surface area contributed by atoms with E-state index in [1.54, 1.807) is 23.1 Å². The average molecular weight is 342 g/mol. The predicted octanol–water partition coefficient (Wildman–Crippen LogP) is 1.60. The van der Waals surface area contributed by atoms with Gasteiger partial charge in [-0.3, -0.25) is 4.79 Å². The molecule has 0 bridgehead atoms. The Morgan fingerprint density at radius 1 is 1.50 bits per heavy atom. The molecular weight excluding hydrogens is 326 g/mol. The van der Waals surface area contributed by atoms with Crippen molar-refractivity contribution in [1.82, 2.24) is 10.2 Å². The Morgan fingerprint density at radius 2 is 2.25 bits per heavy atom. The fourth-order valence-corrected chi connectivity index (χ4v) is 2.57. The molecule has 1 unspecified atom stereocenters. The first-order valence-electron chi connectivity index (χ1n) is 6.20. The number of amides is 2. The third kappa shape index (κ3) is 3.22. The first-order valence-corrected chi connectivity index (χ1v) is 6.99. The Hall–Kier alpha value is -1.76. The van der Waals surface area contributed by atoms with Crippen molar-refractivity contribution in [1.29, 1.82) is 0 Å². The number of alkyl carbamates (subject to hydrolysis) is 1. The Balaban J connectivity index is 2.02. The van der Waals surface area contributed by atoms with Crippen LogP contribution in [0.4, 0.5) is 10.5 Å². The Kier molecular flexibility index (Phi) is 4.49. The number of nitrogen functional groups attached to an aromatic ring is 1. The zero-order valence-corrected chi connectivity index (χ0v) is 12.6. The van der Waals surface area contributed by atoms with Crippen LogP contribution in [0.1, 0.15) is 16.8 Å².